The monoisotopic (exact) mass is 805 g/mol. The summed E-state index contributed by atoms with van der Waals surface area (Å²) >= 11 is 0. The van der Waals surface area contributed by atoms with Gasteiger partial charge in [0.05, 0.1) is 11.0 Å². The highest BCUT2D eigenvalue weighted by Gasteiger charge is 2.17. The van der Waals surface area contributed by atoms with Gasteiger partial charge in [-0.3, -0.25) is 0 Å². The second-order valence-electron chi connectivity index (χ2n) is 15.8. The molecule has 1 heterocycles. The van der Waals surface area contributed by atoms with E-state index in [0.29, 0.717) is 0 Å². The molecule has 0 fully saturated rings. The molecule has 0 atom stereocenters. The van der Waals surface area contributed by atoms with Crippen molar-refractivity contribution in [2.24, 2.45) is 0 Å². The van der Waals surface area contributed by atoms with Gasteiger partial charge in [0.15, 0.2) is 0 Å². The van der Waals surface area contributed by atoms with Crippen molar-refractivity contribution in [2.75, 3.05) is 9.80 Å². The van der Waals surface area contributed by atoms with E-state index in [4.69, 9.17) is 0 Å². The molecule has 0 saturated carbocycles. The summed E-state index contributed by atoms with van der Waals surface area (Å²) in [4.78, 5) is 4.62. The number of fused-ring (bicyclic) bond motifs is 3. The average molecular weight is 806 g/mol. The maximum absolute atomic E-state index is 2.38. The number of hydrogen-bond acceptors (Lipinski definition) is 2. The standard InChI is InChI=1S/C60H43N3/c1-6-18-50(19-7-1)61(51-20-8-2-9-21-51)55-35-30-44(31-36-55)47-40-48(45-32-37-56(38-33-45)62(52-22-10-3-11-23-52)53-24-12-4-13-25-53)42-49(41-47)46-34-39-60-58(43-46)57-28-16-17-29-59(57)63(60)54-26-14-5-15-27-54/h1-43H. The molecule has 0 aliphatic rings. The molecule has 11 rings (SSSR count). The quantitative estimate of drug-likeness (QED) is 0.136. The van der Waals surface area contributed by atoms with Crippen LogP contribution in [-0.2, 0) is 0 Å². The molecule has 0 amide bonds. The number of aromatic nitrogens is 1. The van der Waals surface area contributed by atoms with E-state index in [1.54, 1.807) is 0 Å². The predicted octanol–water partition coefficient (Wildman–Crippen LogP) is 16.7. The van der Waals surface area contributed by atoms with Crippen LogP contribution in [0.25, 0.3) is 60.9 Å². The Morgan fingerprint density at radius 1 is 0.222 bits per heavy atom. The zero-order chi connectivity index (χ0) is 42.0. The number of nitrogens with zero attached hydrogens (tertiary/aromatic N) is 3. The van der Waals surface area contributed by atoms with E-state index in [9.17, 15) is 0 Å². The molecule has 0 aliphatic heterocycles. The van der Waals surface area contributed by atoms with Gasteiger partial charge in [-0.15, -0.1) is 0 Å². The Morgan fingerprint density at radius 3 is 1.00 bits per heavy atom. The topological polar surface area (TPSA) is 11.4 Å². The molecule has 0 radical (unpaired) electrons. The summed E-state index contributed by atoms with van der Waals surface area (Å²) in [5, 5.41) is 2.47. The maximum atomic E-state index is 2.38. The van der Waals surface area contributed by atoms with Gasteiger partial charge < -0.3 is 14.4 Å². The van der Waals surface area contributed by atoms with E-state index < -0.39 is 0 Å². The number of para-hydroxylation sites is 6. The number of anilines is 6. The minimum atomic E-state index is 1.10. The van der Waals surface area contributed by atoms with Crippen LogP contribution in [-0.4, -0.2) is 4.57 Å². The highest BCUT2D eigenvalue weighted by molar-refractivity contribution is 6.10. The van der Waals surface area contributed by atoms with Crippen molar-refractivity contribution in [3.63, 3.8) is 0 Å². The van der Waals surface area contributed by atoms with Crippen LogP contribution in [0.2, 0.25) is 0 Å². The Morgan fingerprint density at radius 2 is 0.556 bits per heavy atom. The first-order valence-electron chi connectivity index (χ1n) is 21.5. The molecule has 0 aliphatic carbocycles. The molecule has 10 aromatic carbocycles. The van der Waals surface area contributed by atoms with E-state index in [0.717, 1.165) is 62.1 Å². The zero-order valence-electron chi connectivity index (χ0n) is 34.7. The van der Waals surface area contributed by atoms with E-state index in [1.807, 2.05) is 0 Å². The fraction of sp³-hybridized carbons (Fsp3) is 0. The van der Waals surface area contributed by atoms with Gasteiger partial charge in [-0.25, -0.2) is 0 Å². The smallest absolute Gasteiger partial charge is 0.0541 e. The lowest BCUT2D eigenvalue weighted by molar-refractivity contribution is 1.18. The Hall–Kier alpha value is -8.40. The third-order valence-corrected chi connectivity index (χ3v) is 11.9. The van der Waals surface area contributed by atoms with Gasteiger partial charge in [-0.05, 0) is 155 Å². The van der Waals surface area contributed by atoms with Gasteiger partial charge in [0.2, 0.25) is 0 Å². The largest absolute Gasteiger partial charge is 0.311 e. The maximum Gasteiger partial charge on any atom is 0.0541 e. The van der Waals surface area contributed by atoms with E-state index >= 15 is 0 Å². The van der Waals surface area contributed by atoms with Crippen LogP contribution in [0.1, 0.15) is 0 Å². The highest BCUT2D eigenvalue weighted by atomic mass is 15.1. The summed E-state index contributed by atoms with van der Waals surface area (Å²) < 4.78 is 2.38. The van der Waals surface area contributed by atoms with Crippen molar-refractivity contribution >= 4 is 55.9 Å². The predicted molar refractivity (Wildman–Crippen MR) is 266 cm³/mol. The molecule has 0 saturated heterocycles. The van der Waals surface area contributed by atoms with Crippen molar-refractivity contribution in [1.82, 2.24) is 4.57 Å². The summed E-state index contributed by atoms with van der Waals surface area (Å²) in [6, 6.07) is 93.7. The number of hydrogen-bond donors (Lipinski definition) is 0. The van der Waals surface area contributed by atoms with Crippen LogP contribution in [0.5, 0.6) is 0 Å². The molecule has 3 nitrogen and oxygen atoms in total. The summed E-state index contributed by atoms with van der Waals surface area (Å²) in [5.41, 5.74) is 17.2. The first-order chi connectivity index (χ1) is 31.2. The number of rotatable bonds is 10. The molecule has 0 bridgehead atoms. The Labute approximate surface area is 368 Å². The molecular formula is C60H43N3. The molecule has 0 spiro atoms. The summed E-state index contributed by atoms with van der Waals surface area (Å²) in [6.45, 7) is 0. The Bertz CT molecular complexity index is 3070. The van der Waals surface area contributed by atoms with Crippen molar-refractivity contribution in [2.45, 2.75) is 0 Å². The average Bonchev–Trinajstić information content (AvgIpc) is 3.70. The van der Waals surface area contributed by atoms with Crippen LogP contribution in [0.15, 0.2) is 261 Å². The molecule has 0 N–H and O–H groups in total. The lowest BCUT2D eigenvalue weighted by Gasteiger charge is -2.25. The van der Waals surface area contributed by atoms with Crippen LogP contribution in [0.3, 0.4) is 0 Å². The van der Waals surface area contributed by atoms with Gasteiger partial charge in [0.25, 0.3) is 0 Å². The van der Waals surface area contributed by atoms with E-state index in [-0.39, 0.29) is 0 Å². The lowest BCUT2D eigenvalue weighted by atomic mass is 9.92. The first kappa shape index (κ1) is 37.6. The molecule has 0 unspecified atom stereocenters. The zero-order valence-corrected chi connectivity index (χ0v) is 34.7. The van der Waals surface area contributed by atoms with Crippen molar-refractivity contribution in [1.29, 1.82) is 0 Å². The minimum absolute atomic E-state index is 1.10. The van der Waals surface area contributed by atoms with Gasteiger partial charge in [-0.1, -0.05) is 140 Å². The second kappa shape index (κ2) is 16.6. The molecule has 63 heavy (non-hydrogen) atoms. The fourth-order valence-electron chi connectivity index (χ4n) is 8.94. The molecule has 3 heteroatoms. The number of benzene rings is 10. The summed E-state index contributed by atoms with van der Waals surface area (Å²) in [7, 11) is 0. The van der Waals surface area contributed by atoms with Crippen LogP contribution < -0.4 is 9.80 Å². The van der Waals surface area contributed by atoms with Crippen LogP contribution >= 0.6 is 0 Å². The Balaban J connectivity index is 1.04. The molecule has 1 aromatic heterocycles. The summed E-state index contributed by atoms with van der Waals surface area (Å²) in [5.74, 6) is 0. The van der Waals surface area contributed by atoms with Gasteiger partial charge in [0.1, 0.15) is 0 Å². The van der Waals surface area contributed by atoms with Crippen molar-refractivity contribution in [3.8, 4) is 39.1 Å². The molecule has 11 aromatic rings. The third kappa shape index (κ3) is 7.32. The normalized spacial score (nSPS) is 11.2. The van der Waals surface area contributed by atoms with E-state index in [1.165, 1.54) is 32.9 Å². The lowest BCUT2D eigenvalue weighted by Crippen LogP contribution is -2.09. The fourth-order valence-corrected chi connectivity index (χ4v) is 8.94. The van der Waals surface area contributed by atoms with Crippen LogP contribution in [0.4, 0.5) is 34.1 Å². The molecule has 298 valence electrons. The van der Waals surface area contributed by atoms with Crippen LogP contribution in [0, 0.1) is 0 Å². The van der Waals surface area contributed by atoms with Crippen molar-refractivity contribution < 1.29 is 0 Å². The first-order valence-corrected chi connectivity index (χ1v) is 21.5. The summed E-state index contributed by atoms with van der Waals surface area (Å²) in [6.07, 6.45) is 0. The second-order valence-corrected chi connectivity index (χ2v) is 15.8. The Kier molecular flexibility index (Phi) is 9.89. The highest BCUT2D eigenvalue weighted by Crippen LogP contribution is 2.41. The van der Waals surface area contributed by atoms with Gasteiger partial charge >= 0.3 is 0 Å². The SMILES string of the molecule is c1ccc(N(c2ccccc2)c2ccc(-c3cc(-c4ccc(N(c5ccccc5)c5ccccc5)cc4)cc(-c4ccc5c(c4)c4ccccc4n5-c4ccccc4)c3)cc2)cc1. The molecular weight excluding hydrogens is 763 g/mol. The minimum Gasteiger partial charge on any atom is -0.311 e. The van der Waals surface area contributed by atoms with Gasteiger partial charge in [0, 0.05) is 50.6 Å². The third-order valence-electron chi connectivity index (χ3n) is 11.9. The van der Waals surface area contributed by atoms with Crippen molar-refractivity contribution in [3.05, 3.63) is 261 Å². The van der Waals surface area contributed by atoms with Gasteiger partial charge in [-0.2, -0.15) is 0 Å². The van der Waals surface area contributed by atoms with E-state index in [2.05, 4.69) is 275 Å².